The molecule has 1 unspecified atom stereocenters. The van der Waals surface area contributed by atoms with Crippen LogP contribution in [0.2, 0.25) is 0 Å². The van der Waals surface area contributed by atoms with E-state index in [1.54, 1.807) is 24.3 Å². The number of halogens is 1. The zero-order valence-electron chi connectivity index (χ0n) is 14.7. The lowest BCUT2D eigenvalue weighted by Gasteiger charge is -2.31. The molecule has 6 nitrogen and oxygen atoms in total. The molecule has 1 atom stereocenters. The van der Waals surface area contributed by atoms with Gasteiger partial charge in [-0.05, 0) is 64.2 Å². The van der Waals surface area contributed by atoms with Crippen molar-refractivity contribution in [3.63, 3.8) is 0 Å². The molecule has 1 aromatic rings. The Labute approximate surface area is 158 Å². The molecule has 1 heterocycles. The number of hydrogen-bond donors (Lipinski definition) is 1. The second-order valence-corrected chi connectivity index (χ2v) is 9.46. The second kappa shape index (κ2) is 9.12. The number of benzene rings is 1. The molecule has 1 aromatic carbocycles. The SMILES string of the molecule is CN(C)CCCNC(=O)C1CCCN(S(=O)(=O)c2ccc(Br)cc2)C1. The lowest BCUT2D eigenvalue weighted by Crippen LogP contribution is -2.45. The highest BCUT2D eigenvalue weighted by atomic mass is 79.9. The molecule has 1 aliphatic rings. The van der Waals surface area contributed by atoms with E-state index < -0.39 is 10.0 Å². The summed E-state index contributed by atoms with van der Waals surface area (Å²) in [5.41, 5.74) is 0. The summed E-state index contributed by atoms with van der Waals surface area (Å²) in [6.07, 6.45) is 2.31. The monoisotopic (exact) mass is 431 g/mol. The van der Waals surface area contributed by atoms with E-state index in [0.717, 1.165) is 23.9 Å². The van der Waals surface area contributed by atoms with Crippen molar-refractivity contribution in [2.75, 3.05) is 40.3 Å². The number of nitrogens with zero attached hydrogens (tertiary/aromatic N) is 2. The van der Waals surface area contributed by atoms with Crippen LogP contribution in [0.4, 0.5) is 0 Å². The van der Waals surface area contributed by atoms with Gasteiger partial charge in [0.15, 0.2) is 0 Å². The fourth-order valence-electron chi connectivity index (χ4n) is 2.88. The van der Waals surface area contributed by atoms with Gasteiger partial charge in [-0.1, -0.05) is 15.9 Å². The van der Waals surface area contributed by atoms with E-state index in [0.29, 0.717) is 19.5 Å². The molecular formula is C17H26BrN3O3S. The quantitative estimate of drug-likeness (QED) is 0.669. The first-order valence-electron chi connectivity index (χ1n) is 8.49. The molecular weight excluding hydrogens is 406 g/mol. The predicted octanol–water partition coefficient (Wildman–Crippen LogP) is 1.92. The summed E-state index contributed by atoms with van der Waals surface area (Å²) in [5, 5.41) is 2.93. The maximum Gasteiger partial charge on any atom is 0.243 e. The summed E-state index contributed by atoms with van der Waals surface area (Å²) in [6.45, 7) is 2.24. The van der Waals surface area contributed by atoms with Gasteiger partial charge in [-0.2, -0.15) is 4.31 Å². The van der Waals surface area contributed by atoms with Gasteiger partial charge < -0.3 is 10.2 Å². The Bertz CT molecular complexity index is 677. The van der Waals surface area contributed by atoms with Gasteiger partial charge in [-0.25, -0.2) is 8.42 Å². The molecule has 8 heteroatoms. The van der Waals surface area contributed by atoms with Gasteiger partial charge in [-0.15, -0.1) is 0 Å². The highest BCUT2D eigenvalue weighted by Crippen LogP contribution is 2.24. The van der Waals surface area contributed by atoms with Crippen molar-refractivity contribution in [2.24, 2.45) is 5.92 Å². The Morgan fingerprint density at radius 2 is 2.00 bits per heavy atom. The molecule has 140 valence electrons. The smallest absolute Gasteiger partial charge is 0.243 e. The average molecular weight is 432 g/mol. The van der Waals surface area contributed by atoms with Crippen LogP contribution in [0.3, 0.4) is 0 Å². The van der Waals surface area contributed by atoms with Crippen LogP contribution in [-0.4, -0.2) is 63.8 Å². The second-order valence-electron chi connectivity index (χ2n) is 6.60. The maximum atomic E-state index is 12.8. The van der Waals surface area contributed by atoms with E-state index in [1.165, 1.54) is 4.31 Å². The molecule has 1 amide bonds. The summed E-state index contributed by atoms with van der Waals surface area (Å²) in [4.78, 5) is 14.7. The minimum atomic E-state index is -3.56. The number of nitrogens with one attached hydrogen (secondary N) is 1. The molecule has 1 aliphatic heterocycles. The van der Waals surface area contributed by atoms with Crippen molar-refractivity contribution in [2.45, 2.75) is 24.2 Å². The fraction of sp³-hybridized carbons (Fsp3) is 0.588. The van der Waals surface area contributed by atoms with Gasteiger partial charge in [-0.3, -0.25) is 4.79 Å². The Hall–Kier alpha value is -0.960. The highest BCUT2D eigenvalue weighted by molar-refractivity contribution is 9.10. The van der Waals surface area contributed by atoms with Crippen molar-refractivity contribution >= 4 is 31.9 Å². The van der Waals surface area contributed by atoms with E-state index in [-0.39, 0.29) is 23.3 Å². The molecule has 0 bridgehead atoms. The van der Waals surface area contributed by atoms with Crippen LogP contribution in [0.25, 0.3) is 0 Å². The molecule has 1 saturated heterocycles. The lowest BCUT2D eigenvalue weighted by molar-refractivity contribution is -0.126. The van der Waals surface area contributed by atoms with Crippen LogP contribution in [0, 0.1) is 5.92 Å². The number of piperidine rings is 1. The number of rotatable bonds is 7. The first kappa shape index (κ1) is 20.4. The van der Waals surface area contributed by atoms with Crippen LogP contribution in [0.15, 0.2) is 33.6 Å². The predicted molar refractivity (Wildman–Crippen MR) is 102 cm³/mol. The number of sulfonamides is 1. The van der Waals surface area contributed by atoms with E-state index in [9.17, 15) is 13.2 Å². The Balaban J connectivity index is 1.95. The zero-order chi connectivity index (χ0) is 18.4. The zero-order valence-corrected chi connectivity index (χ0v) is 17.1. The molecule has 0 radical (unpaired) electrons. The molecule has 1 N–H and O–H groups in total. The minimum absolute atomic E-state index is 0.0468. The summed E-state index contributed by atoms with van der Waals surface area (Å²) in [7, 11) is 0.432. The standard InChI is InChI=1S/C17H26BrN3O3S/c1-20(2)11-4-10-19-17(22)14-5-3-12-21(13-14)25(23,24)16-8-6-15(18)7-9-16/h6-9,14H,3-5,10-13H2,1-2H3,(H,19,22). The average Bonchev–Trinajstić information content (AvgIpc) is 2.59. The van der Waals surface area contributed by atoms with Crippen molar-refractivity contribution < 1.29 is 13.2 Å². The molecule has 2 rings (SSSR count). The summed E-state index contributed by atoms with van der Waals surface area (Å²) in [6, 6.07) is 6.60. The largest absolute Gasteiger partial charge is 0.356 e. The number of carbonyl (C=O) groups excluding carboxylic acids is 1. The number of amides is 1. The third-order valence-electron chi connectivity index (χ3n) is 4.29. The lowest BCUT2D eigenvalue weighted by atomic mass is 9.99. The van der Waals surface area contributed by atoms with E-state index in [1.807, 2.05) is 14.1 Å². The minimum Gasteiger partial charge on any atom is -0.356 e. The maximum absolute atomic E-state index is 12.8. The van der Waals surface area contributed by atoms with E-state index in [4.69, 9.17) is 0 Å². The molecule has 1 fully saturated rings. The van der Waals surface area contributed by atoms with Crippen LogP contribution < -0.4 is 5.32 Å². The van der Waals surface area contributed by atoms with E-state index >= 15 is 0 Å². The van der Waals surface area contributed by atoms with Gasteiger partial charge >= 0.3 is 0 Å². The third-order valence-corrected chi connectivity index (χ3v) is 6.70. The summed E-state index contributed by atoms with van der Waals surface area (Å²) in [5.74, 6) is -0.326. The normalized spacial score (nSPS) is 19.1. The summed E-state index contributed by atoms with van der Waals surface area (Å²) < 4.78 is 27.8. The van der Waals surface area contributed by atoms with Gasteiger partial charge in [0.2, 0.25) is 15.9 Å². The molecule has 0 saturated carbocycles. The van der Waals surface area contributed by atoms with Crippen molar-refractivity contribution in [1.82, 2.24) is 14.5 Å². The van der Waals surface area contributed by atoms with Gasteiger partial charge in [0, 0.05) is 24.1 Å². The van der Waals surface area contributed by atoms with Crippen molar-refractivity contribution in [1.29, 1.82) is 0 Å². The first-order valence-corrected chi connectivity index (χ1v) is 10.7. The van der Waals surface area contributed by atoms with Crippen LogP contribution >= 0.6 is 15.9 Å². The van der Waals surface area contributed by atoms with Crippen LogP contribution in [0.5, 0.6) is 0 Å². The van der Waals surface area contributed by atoms with Crippen LogP contribution in [-0.2, 0) is 14.8 Å². The van der Waals surface area contributed by atoms with Gasteiger partial charge in [0.1, 0.15) is 0 Å². The number of carbonyl (C=O) groups is 1. The Morgan fingerprint density at radius 3 is 2.64 bits per heavy atom. The molecule has 25 heavy (non-hydrogen) atoms. The fourth-order valence-corrected chi connectivity index (χ4v) is 4.67. The number of hydrogen-bond acceptors (Lipinski definition) is 4. The van der Waals surface area contributed by atoms with Crippen LogP contribution in [0.1, 0.15) is 19.3 Å². The molecule has 0 aromatic heterocycles. The van der Waals surface area contributed by atoms with Gasteiger partial charge in [0.05, 0.1) is 10.8 Å². The van der Waals surface area contributed by atoms with E-state index in [2.05, 4.69) is 26.1 Å². The molecule has 0 aliphatic carbocycles. The summed E-state index contributed by atoms with van der Waals surface area (Å²) >= 11 is 3.31. The highest BCUT2D eigenvalue weighted by Gasteiger charge is 2.33. The first-order chi connectivity index (χ1) is 11.8. The van der Waals surface area contributed by atoms with Gasteiger partial charge in [0.25, 0.3) is 0 Å². The Kier molecular flexibility index (Phi) is 7.42. The van der Waals surface area contributed by atoms with Crippen molar-refractivity contribution in [3.8, 4) is 0 Å². The van der Waals surface area contributed by atoms with Crippen molar-refractivity contribution in [3.05, 3.63) is 28.7 Å². The Morgan fingerprint density at radius 1 is 1.32 bits per heavy atom. The third kappa shape index (κ3) is 5.77. The topological polar surface area (TPSA) is 69.7 Å². The molecule has 0 spiro atoms.